The second kappa shape index (κ2) is 6.50. The molecule has 2 atom stereocenters. The fourth-order valence-electron chi connectivity index (χ4n) is 4.29. The van der Waals surface area contributed by atoms with Gasteiger partial charge in [0, 0.05) is 6.04 Å². The van der Waals surface area contributed by atoms with Gasteiger partial charge in [0.05, 0.1) is 12.1 Å². The topological polar surface area (TPSA) is 32.3 Å². The molecule has 2 nitrogen and oxygen atoms in total. The molecule has 21 heavy (non-hydrogen) atoms. The van der Waals surface area contributed by atoms with Gasteiger partial charge in [0.15, 0.2) is 0 Å². The zero-order valence-corrected chi connectivity index (χ0v) is 13.3. The van der Waals surface area contributed by atoms with E-state index in [1.54, 1.807) is 0 Å². The summed E-state index contributed by atoms with van der Waals surface area (Å²) < 4.78 is 0. The molecule has 0 heterocycles. The number of aliphatic hydroxyl groups is 1. The standard InChI is InChI=1S/C19H29NO/c1-15-12-13-19(14-21,18-11-7-6-10-17(15)18)20-16-8-4-2-3-5-9-16/h6-7,10-11,15-16,20-21H,2-5,8-9,12-14H2,1H3. The van der Waals surface area contributed by atoms with Crippen LogP contribution in [0.4, 0.5) is 0 Å². The maximum absolute atomic E-state index is 10.2. The molecular formula is C19H29NO. The van der Waals surface area contributed by atoms with Crippen molar-refractivity contribution in [3.05, 3.63) is 35.4 Å². The van der Waals surface area contributed by atoms with Gasteiger partial charge in [-0.15, -0.1) is 0 Å². The van der Waals surface area contributed by atoms with Gasteiger partial charge < -0.3 is 10.4 Å². The Morgan fingerprint density at radius 2 is 1.81 bits per heavy atom. The minimum absolute atomic E-state index is 0.210. The van der Waals surface area contributed by atoms with Gasteiger partial charge in [-0.25, -0.2) is 0 Å². The monoisotopic (exact) mass is 287 g/mol. The first kappa shape index (κ1) is 15.1. The molecule has 0 aromatic heterocycles. The molecule has 0 saturated heterocycles. The van der Waals surface area contributed by atoms with E-state index in [-0.39, 0.29) is 12.1 Å². The van der Waals surface area contributed by atoms with E-state index < -0.39 is 0 Å². The lowest BCUT2D eigenvalue weighted by atomic mass is 9.72. The SMILES string of the molecule is CC1CCC(CO)(NC2CCCCCC2)c2ccccc21. The van der Waals surface area contributed by atoms with Gasteiger partial charge in [0.1, 0.15) is 0 Å². The molecule has 1 aromatic rings. The van der Waals surface area contributed by atoms with E-state index in [2.05, 4.69) is 36.5 Å². The molecule has 2 aliphatic carbocycles. The summed E-state index contributed by atoms with van der Waals surface area (Å²) in [5.41, 5.74) is 2.56. The van der Waals surface area contributed by atoms with Crippen LogP contribution in [-0.2, 0) is 5.54 Å². The second-order valence-corrected chi connectivity index (χ2v) is 7.10. The van der Waals surface area contributed by atoms with Crippen LogP contribution in [0.25, 0.3) is 0 Å². The fourth-order valence-corrected chi connectivity index (χ4v) is 4.29. The third-order valence-corrected chi connectivity index (χ3v) is 5.62. The molecule has 2 N–H and O–H groups in total. The van der Waals surface area contributed by atoms with Crippen LogP contribution in [0.3, 0.4) is 0 Å². The molecule has 0 radical (unpaired) electrons. The number of hydrogen-bond donors (Lipinski definition) is 2. The van der Waals surface area contributed by atoms with Crippen molar-refractivity contribution < 1.29 is 5.11 Å². The third-order valence-electron chi connectivity index (χ3n) is 5.62. The van der Waals surface area contributed by atoms with Crippen LogP contribution in [0.15, 0.2) is 24.3 Å². The van der Waals surface area contributed by atoms with Crippen LogP contribution in [0, 0.1) is 0 Å². The molecule has 0 bridgehead atoms. The van der Waals surface area contributed by atoms with Crippen LogP contribution in [0.1, 0.15) is 75.3 Å². The van der Waals surface area contributed by atoms with E-state index in [1.165, 1.54) is 49.7 Å². The normalized spacial score (nSPS) is 30.7. The maximum Gasteiger partial charge on any atom is 0.0674 e. The lowest BCUT2D eigenvalue weighted by molar-refractivity contribution is 0.121. The van der Waals surface area contributed by atoms with Crippen molar-refractivity contribution in [2.45, 2.75) is 75.8 Å². The van der Waals surface area contributed by atoms with Crippen molar-refractivity contribution in [3.63, 3.8) is 0 Å². The molecule has 116 valence electrons. The van der Waals surface area contributed by atoms with Gasteiger partial charge in [-0.2, -0.15) is 0 Å². The van der Waals surface area contributed by atoms with Gasteiger partial charge in [-0.3, -0.25) is 0 Å². The van der Waals surface area contributed by atoms with Crippen molar-refractivity contribution in [2.24, 2.45) is 0 Å². The summed E-state index contributed by atoms with van der Waals surface area (Å²) in [5.74, 6) is 0.608. The third kappa shape index (κ3) is 3.02. The predicted octanol–water partition coefficient (Wildman–Crippen LogP) is 4.08. The number of fused-ring (bicyclic) bond motifs is 1. The summed E-state index contributed by atoms with van der Waals surface area (Å²) in [6.45, 7) is 2.53. The van der Waals surface area contributed by atoms with E-state index >= 15 is 0 Å². The first-order valence-electron chi connectivity index (χ1n) is 8.73. The average molecular weight is 287 g/mol. The molecular weight excluding hydrogens is 258 g/mol. The highest BCUT2D eigenvalue weighted by atomic mass is 16.3. The summed E-state index contributed by atoms with van der Waals surface area (Å²) in [4.78, 5) is 0. The molecule has 0 spiro atoms. The Bertz CT molecular complexity index is 464. The van der Waals surface area contributed by atoms with Gasteiger partial charge in [0.2, 0.25) is 0 Å². The molecule has 1 fully saturated rings. The minimum Gasteiger partial charge on any atom is -0.394 e. The zero-order chi connectivity index (χ0) is 14.7. The summed E-state index contributed by atoms with van der Waals surface area (Å²) >= 11 is 0. The Morgan fingerprint density at radius 1 is 1.10 bits per heavy atom. The minimum atomic E-state index is -0.210. The van der Waals surface area contributed by atoms with E-state index in [0.29, 0.717) is 12.0 Å². The lowest BCUT2D eigenvalue weighted by Gasteiger charge is -2.43. The van der Waals surface area contributed by atoms with E-state index in [1.807, 2.05) is 0 Å². The van der Waals surface area contributed by atoms with Crippen molar-refractivity contribution in [1.82, 2.24) is 5.32 Å². The molecule has 0 aliphatic heterocycles. The van der Waals surface area contributed by atoms with Gasteiger partial charge in [-0.05, 0) is 42.7 Å². The highest BCUT2D eigenvalue weighted by molar-refractivity contribution is 5.39. The highest BCUT2D eigenvalue weighted by Crippen LogP contribution is 2.41. The van der Waals surface area contributed by atoms with Crippen molar-refractivity contribution in [3.8, 4) is 0 Å². The van der Waals surface area contributed by atoms with E-state index in [9.17, 15) is 5.11 Å². The number of benzene rings is 1. The average Bonchev–Trinajstić information content (AvgIpc) is 2.79. The Balaban J connectivity index is 1.87. The van der Waals surface area contributed by atoms with Crippen LogP contribution >= 0.6 is 0 Å². The van der Waals surface area contributed by atoms with Gasteiger partial charge >= 0.3 is 0 Å². The zero-order valence-electron chi connectivity index (χ0n) is 13.3. The quantitative estimate of drug-likeness (QED) is 0.821. The Morgan fingerprint density at radius 3 is 2.52 bits per heavy atom. The van der Waals surface area contributed by atoms with Crippen LogP contribution < -0.4 is 5.32 Å². The Labute approximate surface area is 129 Å². The van der Waals surface area contributed by atoms with Crippen molar-refractivity contribution >= 4 is 0 Å². The summed E-state index contributed by atoms with van der Waals surface area (Å²) in [7, 11) is 0. The molecule has 1 aromatic carbocycles. The fraction of sp³-hybridized carbons (Fsp3) is 0.684. The van der Waals surface area contributed by atoms with E-state index in [4.69, 9.17) is 0 Å². The second-order valence-electron chi connectivity index (χ2n) is 7.10. The maximum atomic E-state index is 10.2. The number of aliphatic hydroxyl groups excluding tert-OH is 1. The molecule has 3 rings (SSSR count). The predicted molar refractivity (Wildman–Crippen MR) is 87.5 cm³/mol. The number of hydrogen-bond acceptors (Lipinski definition) is 2. The summed E-state index contributed by atoms with van der Waals surface area (Å²) in [5, 5.41) is 14.1. The smallest absolute Gasteiger partial charge is 0.0674 e. The largest absolute Gasteiger partial charge is 0.394 e. The van der Waals surface area contributed by atoms with Crippen LogP contribution in [0.5, 0.6) is 0 Å². The highest BCUT2D eigenvalue weighted by Gasteiger charge is 2.39. The van der Waals surface area contributed by atoms with Gasteiger partial charge in [0.25, 0.3) is 0 Å². The Kier molecular flexibility index (Phi) is 4.66. The first-order valence-corrected chi connectivity index (χ1v) is 8.73. The molecule has 2 aliphatic rings. The number of rotatable bonds is 3. The van der Waals surface area contributed by atoms with Crippen LogP contribution in [0.2, 0.25) is 0 Å². The molecule has 0 amide bonds. The lowest BCUT2D eigenvalue weighted by Crippen LogP contribution is -2.52. The summed E-state index contributed by atoms with van der Waals surface area (Å²) in [6.07, 6.45) is 10.2. The van der Waals surface area contributed by atoms with Gasteiger partial charge in [-0.1, -0.05) is 56.9 Å². The van der Waals surface area contributed by atoms with Crippen molar-refractivity contribution in [1.29, 1.82) is 0 Å². The van der Waals surface area contributed by atoms with Crippen LogP contribution in [-0.4, -0.2) is 17.8 Å². The number of nitrogens with one attached hydrogen (secondary N) is 1. The molecule has 2 unspecified atom stereocenters. The molecule has 2 heteroatoms. The first-order chi connectivity index (χ1) is 10.2. The van der Waals surface area contributed by atoms with E-state index in [0.717, 1.165) is 12.8 Å². The van der Waals surface area contributed by atoms with Crippen molar-refractivity contribution in [2.75, 3.05) is 6.61 Å². The molecule has 1 saturated carbocycles. The Hall–Kier alpha value is -0.860. The summed E-state index contributed by atoms with van der Waals surface area (Å²) in [6, 6.07) is 9.30.